The van der Waals surface area contributed by atoms with Crippen LogP contribution in [0.1, 0.15) is 66.2 Å². The number of ether oxygens (including phenoxy) is 2. The minimum Gasteiger partial charge on any atom is -0.396 e. The van der Waals surface area contributed by atoms with E-state index in [9.17, 15) is 13.5 Å². The van der Waals surface area contributed by atoms with E-state index in [2.05, 4.69) is 34.3 Å². The van der Waals surface area contributed by atoms with Crippen molar-refractivity contribution in [2.75, 3.05) is 12.4 Å². The van der Waals surface area contributed by atoms with E-state index in [0.717, 1.165) is 37.7 Å². The highest BCUT2D eigenvalue weighted by molar-refractivity contribution is 7.91. The van der Waals surface area contributed by atoms with Crippen LogP contribution in [0.25, 0.3) is 0 Å². The van der Waals surface area contributed by atoms with Crippen molar-refractivity contribution in [3.63, 3.8) is 0 Å². The van der Waals surface area contributed by atoms with Crippen molar-refractivity contribution in [1.29, 1.82) is 0 Å². The third-order valence-corrected chi connectivity index (χ3v) is 9.90. The minimum absolute atomic E-state index is 0.0513. The predicted molar refractivity (Wildman–Crippen MR) is 136 cm³/mol. The van der Waals surface area contributed by atoms with Gasteiger partial charge in [-0.2, -0.15) is 0 Å². The maximum Gasteiger partial charge on any atom is 0.178 e. The molecule has 0 saturated carbocycles. The number of benzene rings is 1. The first kappa shape index (κ1) is 27.4. The highest BCUT2D eigenvalue weighted by atomic mass is 32.2. The standard InChI is InChI=1S/C28H44O5S/c1-6-19(2)15-26-22(5)25(18-34(30,31)24-12-8-7-9-13-24)28(33-26)17-27-21(4)20(3)16-23(32-27)11-10-14-29/h7-9,12-13,19-20,22-23,25-29H,4,6,10-11,14-18H2,1-3,5H3/t19-,20-,22-,23+,25-,26-,27-,28+/m1/s1. The molecule has 1 N–H and O–H groups in total. The lowest BCUT2D eigenvalue weighted by atomic mass is 9.81. The number of aliphatic hydroxyl groups excluding tert-OH is 1. The Bertz CT molecular complexity index is 883. The first-order chi connectivity index (χ1) is 16.2. The summed E-state index contributed by atoms with van der Waals surface area (Å²) < 4.78 is 39.7. The third kappa shape index (κ3) is 6.71. The molecule has 1 aromatic carbocycles. The molecule has 3 rings (SSSR count). The monoisotopic (exact) mass is 492 g/mol. The molecule has 1 aromatic rings. The Hall–Kier alpha value is -1.21. The average molecular weight is 493 g/mol. The van der Waals surface area contributed by atoms with E-state index in [1.54, 1.807) is 24.3 Å². The van der Waals surface area contributed by atoms with E-state index in [1.807, 2.05) is 6.07 Å². The van der Waals surface area contributed by atoms with Gasteiger partial charge in [0.2, 0.25) is 0 Å². The first-order valence-electron chi connectivity index (χ1n) is 13.0. The summed E-state index contributed by atoms with van der Waals surface area (Å²) in [6, 6.07) is 8.75. The summed E-state index contributed by atoms with van der Waals surface area (Å²) >= 11 is 0. The van der Waals surface area contributed by atoms with Gasteiger partial charge in [-0.25, -0.2) is 8.42 Å². The van der Waals surface area contributed by atoms with Gasteiger partial charge in [0.05, 0.1) is 35.1 Å². The summed E-state index contributed by atoms with van der Waals surface area (Å²) in [5, 5.41) is 9.25. The molecule has 0 spiro atoms. The summed E-state index contributed by atoms with van der Waals surface area (Å²) in [6.45, 7) is 13.3. The molecule has 5 nitrogen and oxygen atoms in total. The fraction of sp³-hybridized carbons (Fsp3) is 0.714. The van der Waals surface area contributed by atoms with Gasteiger partial charge in [-0.05, 0) is 61.1 Å². The van der Waals surface area contributed by atoms with Crippen LogP contribution in [0.4, 0.5) is 0 Å². The van der Waals surface area contributed by atoms with Crippen LogP contribution in [-0.4, -0.2) is 50.3 Å². The van der Waals surface area contributed by atoms with Crippen LogP contribution in [0.15, 0.2) is 47.4 Å². The van der Waals surface area contributed by atoms with Crippen LogP contribution >= 0.6 is 0 Å². The van der Waals surface area contributed by atoms with Crippen LogP contribution < -0.4 is 0 Å². The van der Waals surface area contributed by atoms with Gasteiger partial charge < -0.3 is 14.6 Å². The molecule has 0 aliphatic carbocycles. The van der Waals surface area contributed by atoms with E-state index >= 15 is 0 Å². The minimum atomic E-state index is -3.43. The molecular weight excluding hydrogens is 448 g/mol. The molecule has 34 heavy (non-hydrogen) atoms. The van der Waals surface area contributed by atoms with Crippen molar-refractivity contribution < 1.29 is 23.0 Å². The molecule has 2 aliphatic heterocycles. The molecule has 2 aliphatic rings. The van der Waals surface area contributed by atoms with Gasteiger partial charge in [0, 0.05) is 18.9 Å². The van der Waals surface area contributed by atoms with E-state index in [-0.39, 0.29) is 48.6 Å². The average Bonchev–Trinajstić information content (AvgIpc) is 3.09. The summed E-state index contributed by atoms with van der Waals surface area (Å²) in [6.07, 6.45) is 4.94. The molecule has 0 unspecified atom stereocenters. The van der Waals surface area contributed by atoms with Gasteiger partial charge in [-0.15, -0.1) is 0 Å². The van der Waals surface area contributed by atoms with Crippen molar-refractivity contribution >= 4 is 9.84 Å². The number of sulfone groups is 1. The lowest BCUT2D eigenvalue weighted by Gasteiger charge is -2.38. The smallest absolute Gasteiger partial charge is 0.178 e. The van der Waals surface area contributed by atoms with Crippen molar-refractivity contribution in [1.82, 2.24) is 0 Å². The molecule has 192 valence electrons. The normalized spacial score (nSPS) is 33.2. The van der Waals surface area contributed by atoms with Crippen LogP contribution in [0, 0.1) is 23.7 Å². The third-order valence-electron chi connectivity index (χ3n) is 8.08. The Labute approximate surface area is 206 Å². The molecule has 0 amide bonds. The summed E-state index contributed by atoms with van der Waals surface area (Å²) in [5.74, 6) is 1.01. The van der Waals surface area contributed by atoms with Gasteiger partial charge >= 0.3 is 0 Å². The largest absolute Gasteiger partial charge is 0.396 e. The quantitative estimate of drug-likeness (QED) is 0.417. The van der Waals surface area contributed by atoms with Gasteiger partial charge in [-0.1, -0.05) is 58.9 Å². The molecule has 8 atom stereocenters. The fourth-order valence-corrected chi connectivity index (χ4v) is 7.31. The number of aliphatic hydroxyl groups is 1. The number of rotatable bonds is 11. The van der Waals surface area contributed by atoms with Gasteiger partial charge in [0.25, 0.3) is 0 Å². The Morgan fingerprint density at radius 3 is 2.50 bits per heavy atom. The second-order valence-corrected chi connectivity index (χ2v) is 12.7. The highest BCUT2D eigenvalue weighted by Crippen LogP contribution is 2.42. The van der Waals surface area contributed by atoms with E-state index in [1.165, 1.54) is 0 Å². The summed E-state index contributed by atoms with van der Waals surface area (Å²) in [4.78, 5) is 0.377. The van der Waals surface area contributed by atoms with Gasteiger partial charge in [-0.3, -0.25) is 0 Å². The Morgan fingerprint density at radius 1 is 1.15 bits per heavy atom. The Morgan fingerprint density at radius 2 is 1.85 bits per heavy atom. The van der Waals surface area contributed by atoms with E-state index in [0.29, 0.717) is 23.2 Å². The molecule has 6 heteroatoms. The fourth-order valence-electron chi connectivity index (χ4n) is 5.53. The summed E-state index contributed by atoms with van der Waals surface area (Å²) in [5.41, 5.74) is 1.08. The van der Waals surface area contributed by atoms with E-state index in [4.69, 9.17) is 9.47 Å². The molecule has 2 fully saturated rings. The topological polar surface area (TPSA) is 72.8 Å². The zero-order chi connectivity index (χ0) is 24.9. The lowest BCUT2D eigenvalue weighted by Crippen LogP contribution is -2.38. The number of hydrogen-bond donors (Lipinski definition) is 1. The second-order valence-electron chi connectivity index (χ2n) is 10.6. The molecule has 2 heterocycles. The first-order valence-corrected chi connectivity index (χ1v) is 14.7. The van der Waals surface area contributed by atoms with Crippen molar-refractivity contribution in [2.24, 2.45) is 23.7 Å². The molecule has 0 bridgehead atoms. The zero-order valence-corrected chi connectivity index (χ0v) is 22.2. The molecule has 0 radical (unpaired) electrons. The van der Waals surface area contributed by atoms with Crippen molar-refractivity contribution in [2.45, 2.75) is 95.5 Å². The lowest BCUT2D eigenvalue weighted by molar-refractivity contribution is -0.0708. The number of hydrogen-bond acceptors (Lipinski definition) is 5. The van der Waals surface area contributed by atoms with Crippen LogP contribution in [0.3, 0.4) is 0 Å². The zero-order valence-electron chi connectivity index (χ0n) is 21.4. The Balaban J connectivity index is 1.80. The predicted octanol–water partition coefficient (Wildman–Crippen LogP) is 5.43. The second kappa shape index (κ2) is 12.2. The van der Waals surface area contributed by atoms with Crippen LogP contribution in [0.5, 0.6) is 0 Å². The molecule has 2 saturated heterocycles. The molecule has 0 aromatic heterocycles. The summed E-state index contributed by atoms with van der Waals surface area (Å²) in [7, 11) is -3.43. The van der Waals surface area contributed by atoms with Crippen molar-refractivity contribution in [3.8, 4) is 0 Å². The molecular formula is C28H44O5S. The van der Waals surface area contributed by atoms with Crippen molar-refractivity contribution in [3.05, 3.63) is 42.5 Å². The van der Waals surface area contributed by atoms with Gasteiger partial charge in [0.15, 0.2) is 9.84 Å². The van der Waals surface area contributed by atoms with Crippen LogP contribution in [-0.2, 0) is 19.3 Å². The maximum absolute atomic E-state index is 13.3. The Kier molecular flexibility index (Phi) is 9.79. The van der Waals surface area contributed by atoms with Crippen LogP contribution in [0.2, 0.25) is 0 Å². The van der Waals surface area contributed by atoms with E-state index < -0.39 is 9.84 Å². The van der Waals surface area contributed by atoms with Gasteiger partial charge in [0.1, 0.15) is 0 Å². The maximum atomic E-state index is 13.3. The SMILES string of the molecule is C=C1[C@H](C)C[C@H](CCCO)O[C@@H]1C[C@@H]1O[C@H](C[C@H](C)CC)[C@H](C)[C@H]1CS(=O)(=O)c1ccccc1. The highest BCUT2D eigenvalue weighted by Gasteiger charge is 2.46.